The van der Waals surface area contributed by atoms with Gasteiger partial charge in [0.2, 0.25) is 0 Å². The quantitative estimate of drug-likeness (QED) is 0.646. The second kappa shape index (κ2) is 4.78. The molecule has 0 unspecified atom stereocenters. The average Bonchev–Trinajstić information content (AvgIpc) is 2.26. The molecular weight excluding hydrogens is 216 g/mol. The molecule has 2 rings (SSSR count). The number of fused-ring (bicyclic) bond motifs is 1. The third-order valence-corrected chi connectivity index (χ3v) is 3.23. The zero-order chi connectivity index (χ0) is 12.4. The molecule has 1 aliphatic heterocycles. The zero-order valence-corrected chi connectivity index (χ0v) is 10.3. The highest BCUT2D eigenvalue weighted by Crippen LogP contribution is 2.37. The van der Waals surface area contributed by atoms with Crippen LogP contribution in [0.5, 0.6) is 11.5 Å². The van der Waals surface area contributed by atoms with Gasteiger partial charge in [0, 0.05) is 5.56 Å². The molecule has 17 heavy (non-hydrogen) atoms. The van der Waals surface area contributed by atoms with E-state index in [0.29, 0.717) is 12.2 Å². The molecule has 92 valence electrons. The first kappa shape index (κ1) is 12.0. The van der Waals surface area contributed by atoms with Gasteiger partial charge in [0.05, 0.1) is 5.92 Å². The third-order valence-electron chi connectivity index (χ3n) is 3.23. The van der Waals surface area contributed by atoms with E-state index in [1.165, 1.54) is 0 Å². The van der Waals surface area contributed by atoms with Gasteiger partial charge in [0.15, 0.2) is 0 Å². The van der Waals surface area contributed by atoms with Gasteiger partial charge in [-0.05, 0) is 37.5 Å². The molecule has 0 amide bonds. The topological polar surface area (TPSA) is 46.5 Å². The highest BCUT2D eigenvalue weighted by atomic mass is 16.5. The number of aromatic hydroxyl groups is 1. The number of carbonyl (C=O) groups excluding carboxylic acids is 1. The van der Waals surface area contributed by atoms with Crippen LogP contribution in [-0.2, 0) is 11.2 Å². The molecule has 0 saturated carbocycles. The largest absolute Gasteiger partial charge is 0.508 e. The summed E-state index contributed by atoms with van der Waals surface area (Å²) in [5.41, 5.74) is 1.68. The number of benzene rings is 1. The van der Waals surface area contributed by atoms with E-state index in [1.54, 1.807) is 6.07 Å². The SMILES string of the molecule is CCCC[C@@H]1Cc2c(O)cc(C)cc2OC1=O. The molecule has 1 N–H and O–H groups in total. The summed E-state index contributed by atoms with van der Waals surface area (Å²) in [4.78, 5) is 11.8. The number of esters is 1. The minimum Gasteiger partial charge on any atom is -0.508 e. The summed E-state index contributed by atoms with van der Waals surface area (Å²) in [7, 11) is 0. The fraction of sp³-hybridized carbons (Fsp3) is 0.500. The number of rotatable bonds is 3. The van der Waals surface area contributed by atoms with Crippen molar-refractivity contribution in [1.82, 2.24) is 0 Å². The van der Waals surface area contributed by atoms with E-state index in [9.17, 15) is 9.90 Å². The summed E-state index contributed by atoms with van der Waals surface area (Å²) in [5.74, 6) is 0.515. The zero-order valence-electron chi connectivity index (χ0n) is 10.3. The van der Waals surface area contributed by atoms with Gasteiger partial charge in [0.1, 0.15) is 11.5 Å². The summed E-state index contributed by atoms with van der Waals surface area (Å²) in [6.07, 6.45) is 3.51. The van der Waals surface area contributed by atoms with Crippen molar-refractivity contribution in [3.63, 3.8) is 0 Å². The van der Waals surface area contributed by atoms with Gasteiger partial charge in [-0.2, -0.15) is 0 Å². The fourth-order valence-corrected chi connectivity index (χ4v) is 2.25. The van der Waals surface area contributed by atoms with Crippen molar-refractivity contribution in [2.24, 2.45) is 5.92 Å². The number of hydrogen-bond acceptors (Lipinski definition) is 3. The number of ether oxygens (including phenoxy) is 1. The Hall–Kier alpha value is -1.51. The first-order valence-corrected chi connectivity index (χ1v) is 6.16. The second-order valence-electron chi connectivity index (χ2n) is 4.73. The Labute approximate surface area is 101 Å². The smallest absolute Gasteiger partial charge is 0.314 e. The van der Waals surface area contributed by atoms with Gasteiger partial charge in [-0.15, -0.1) is 0 Å². The number of phenols is 1. The molecule has 0 aromatic heterocycles. The van der Waals surface area contributed by atoms with Crippen LogP contribution in [0.4, 0.5) is 0 Å². The summed E-state index contributed by atoms with van der Waals surface area (Å²) < 4.78 is 5.30. The molecule has 0 fully saturated rings. The van der Waals surface area contributed by atoms with E-state index in [4.69, 9.17) is 4.74 Å². The molecule has 3 heteroatoms. The summed E-state index contributed by atoms with van der Waals surface area (Å²) in [5, 5.41) is 9.88. The van der Waals surface area contributed by atoms with E-state index in [2.05, 4.69) is 6.92 Å². The van der Waals surface area contributed by atoms with Crippen molar-refractivity contribution in [3.8, 4) is 11.5 Å². The first-order valence-electron chi connectivity index (χ1n) is 6.16. The minimum atomic E-state index is -0.157. The minimum absolute atomic E-state index is 0.101. The monoisotopic (exact) mass is 234 g/mol. The Balaban J connectivity index is 2.25. The second-order valence-corrected chi connectivity index (χ2v) is 4.73. The van der Waals surface area contributed by atoms with Gasteiger partial charge in [-0.25, -0.2) is 0 Å². The lowest BCUT2D eigenvalue weighted by Crippen LogP contribution is -2.27. The highest BCUT2D eigenvalue weighted by molar-refractivity contribution is 5.78. The van der Waals surface area contributed by atoms with Crippen LogP contribution in [0, 0.1) is 12.8 Å². The number of phenolic OH excluding ortho intramolecular Hbond substituents is 1. The highest BCUT2D eigenvalue weighted by Gasteiger charge is 2.29. The number of hydrogen-bond donors (Lipinski definition) is 1. The number of unbranched alkanes of at least 4 members (excludes halogenated alkanes) is 1. The third kappa shape index (κ3) is 2.43. The lowest BCUT2D eigenvalue weighted by atomic mass is 9.90. The maximum atomic E-state index is 11.8. The van der Waals surface area contributed by atoms with Crippen molar-refractivity contribution in [1.29, 1.82) is 0 Å². The lowest BCUT2D eigenvalue weighted by molar-refractivity contribution is -0.140. The summed E-state index contributed by atoms with van der Waals surface area (Å²) in [6, 6.07) is 3.53. The summed E-state index contributed by atoms with van der Waals surface area (Å²) in [6.45, 7) is 3.97. The molecule has 0 saturated heterocycles. The van der Waals surface area contributed by atoms with E-state index >= 15 is 0 Å². The van der Waals surface area contributed by atoms with Crippen LogP contribution in [0.2, 0.25) is 0 Å². The Morgan fingerprint density at radius 1 is 1.47 bits per heavy atom. The molecule has 1 heterocycles. The number of aryl methyl sites for hydroxylation is 1. The van der Waals surface area contributed by atoms with Crippen molar-refractivity contribution >= 4 is 5.97 Å². The fourth-order valence-electron chi connectivity index (χ4n) is 2.25. The van der Waals surface area contributed by atoms with Crippen molar-refractivity contribution < 1.29 is 14.6 Å². The van der Waals surface area contributed by atoms with Crippen LogP contribution in [-0.4, -0.2) is 11.1 Å². The number of carbonyl (C=O) groups is 1. The molecule has 3 nitrogen and oxygen atoms in total. The standard InChI is InChI=1S/C14H18O3/c1-3-4-5-10-8-11-12(15)6-9(2)7-13(11)17-14(10)16/h6-7,10,15H,3-5,8H2,1-2H3/t10-/m1/s1. The maximum absolute atomic E-state index is 11.8. The van der Waals surface area contributed by atoms with E-state index < -0.39 is 0 Å². The first-order chi connectivity index (χ1) is 8.11. The molecule has 0 bridgehead atoms. The van der Waals surface area contributed by atoms with Crippen LogP contribution >= 0.6 is 0 Å². The van der Waals surface area contributed by atoms with Gasteiger partial charge in [0.25, 0.3) is 0 Å². The predicted molar refractivity (Wildman–Crippen MR) is 65.2 cm³/mol. The van der Waals surface area contributed by atoms with Gasteiger partial charge in [-0.1, -0.05) is 19.8 Å². The molecule has 1 aromatic carbocycles. The van der Waals surface area contributed by atoms with E-state index in [0.717, 1.165) is 30.4 Å². The van der Waals surface area contributed by atoms with Crippen LogP contribution in [0.3, 0.4) is 0 Å². The maximum Gasteiger partial charge on any atom is 0.314 e. The Morgan fingerprint density at radius 3 is 2.94 bits per heavy atom. The van der Waals surface area contributed by atoms with Gasteiger partial charge in [-0.3, -0.25) is 4.79 Å². The van der Waals surface area contributed by atoms with Crippen LogP contribution in [0.1, 0.15) is 37.3 Å². The molecule has 1 aromatic rings. The predicted octanol–water partition coefficient (Wildman–Crippen LogP) is 2.97. The molecule has 0 radical (unpaired) electrons. The van der Waals surface area contributed by atoms with Crippen molar-refractivity contribution in [2.75, 3.05) is 0 Å². The Morgan fingerprint density at radius 2 is 2.24 bits per heavy atom. The van der Waals surface area contributed by atoms with Crippen molar-refractivity contribution in [3.05, 3.63) is 23.3 Å². The molecule has 1 aliphatic rings. The molecule has 0 spiro atoms. The normalized spacial score (nSPS) is 18.7. The molecular formula is C14H18O3. The Kier molecular flexibility index (Phi) is 3.36. The van der Waals surface area contributed by atoms with Crippen LogP contribution in [0.25, 0.3) is 0 Å². The van der Waals surface area contributed by atoms with Crippen LogP contribution in [0.15, 0.2) is 12.1 Å². The molecule has 1 atom stereocenters. The van der Waals surface area contributed by atoms with Gasteiger partial charge >= 0.3 is 5.97 Å². The van der Waals surface area contributed by atoms with E-state index in [-0.39, 0.29) is 17.6 Å². The van der Waals surface area contributed by atoms with E-state index in [1.807, 2.05) is 13.0 Å². The Bertz CT molecular complexity index is 437. The van der Waals surface area contributed by atoms with Gasteiger partial charge < -0.3 is 9.84 Å². The van der Waals surface area contributed by atoms with Crippen molar-refractivity contribution in [2.45, 2.75) is 39.5 Å². The summed E-state index contributed by atoms with van der Waals surface area (Å²) >= 11 is 0. The lowest BCUT2D eigenvalue weighted by Gasteiger charge is -2.24. The average molecular weight is 234 g/mol. The molecule has 0 aliphatic carbocycles. The van der Waals surface area contributed by atoms with Crippen LogP contribution < -0.4 is 4.74 Å².